The van der Waals surface area contributed by atoms with Crippen molar-refractivity contribution in [3.8, 4) is 0 Å². The van der Waals surface area contributed by atoms with Gasteiger partial charge in [-0.05, 0) is 57.2 Å². The van der Waals surface area contributed by atoms with Crippen molar-refractivity contribution in [2.75, 3.05) is 13.1 Å². The molecule has 2 rings (SSSR count). The number of halogens is 3. The molecule has 1 saturated heterocycles. The van der Waals surface area contributed by atoms with Crippen LogP contribution in [-0.4, -0.2) is 29.7 Å². The highest BCUT2D eigenvalue weighted by molar-refractivity contribution is 5.68. The number of carbonyl (C=O) groups excluding carboxylic acids is 1. The molecule has 0 unspecified atom stereocenters. The molecule has 0 aliphatic carbocycles. The molecule has 25 heavy (non-hydrogen) atoms. The summed E-state index contributed by atoms with van der Waals surface area (Å²) in [6.45, 7) is 6.76. The molecule has 0 aromatic heterocycles. The van der Waals surface area contributed by atoms with Crippen LogP contribution >= 0.6 is 0 Å². The predicted octanol–water partition coefficient (Wildman–Crippen LogP) is 5.37. The normalized spacial score (nSPS) is 17.1. The highest BCUT2D eigenvalue weighted by Gasteiger charge is 2.30. The fourth-order valence-corrected chi connectivity index (χ4v) is 2.63. The van der Waals surface area contributed by atoms with Gasteiger partial charge in [0.05, 0.1) is 5.56 Å². The molecule has 138 valence electrons. The fourth-order valence-electron chi connectivity index (χ4n) is 2.63. The van der Waals surface area contributed by atoms with Crippen molar-refractivity contribution in [2.45, 2.75) is 45.4 Å². The van der Waals surface area contributed by atoms with Crippen molar-refractivity contribution >= 4 is 12.2 Å². The van der Waals surface area contributed by atoms with Crippen molar-refractivity contribution in [1.29, 1.82) is 0 Å². The van der Waals surface area contributed by atoms with Crippen molar-refractivity contribution in [1.82, 2.24) is 4.90 Å². The Morgan fingerprint density at radius 1 is 1.12 bits per heavy atom. The van der Waals surface area contributed by atoms with Gasteiger partial charge in [-0.2, -0.15) is 13.2 Å². The van der Waals surface area contributed by atoms with Crippen LogP contribution in [0.3, 0.4) is 0 Å². The van der Waals surface area contributed by atoms with Crippen molar-refractivity contribution in [3.63, 3.8) is 0 Å². The van der Waals surface area contributed by atoms with Gasteiger partial charge in [0.15, 0.2) is 0 Å². The minimum absolute atomic E-state index is 0.294. The maximum atomic E-state index is 12.5. The fraction of sp³-hybridized carbons (Fsp3) is 0.526. The number of ether oxygens (including phenoxy) is 1. The number of alkyl halides is 3. The number of allylic oxidation sites excluding steroid dienone is 1. The summed E-state index contributed by atoms with van der Waals surface area (Å²) < 4.78 is 43.0. The summed E-state index contributed by atoms with van der Waals surface area (Å²) >= 11 is 0. The summed E-state index contributed by atoms with van der Waals surface area (Å²) in [4.78, 5) is 13.7. The monoisotopic (exact) mass is 355 g/mol. The molecule has 0 bridgehead atoms. The van der Waals surface area contributed by atoms with Gasteiger partial charge in [-0.25, -0.2) is 4.79 Å². The summed E-state index contributed by atoms with van der Waals surface area (Å²) in [7, 11) is 0. The Balaban J connectivity index is 1.85. The van der Waals surface area contributed by atoms with E-state index in [1.807, 2.05) is 32.9 Å². The van der Waals surface area contributed by atoms with Crippen LogP contribution in [0, 0.1) is 5.92 Å². The van der Waals surface area contributed by atoms with Crippen LogP contribution in [0.1, 0.15) is 44.7 Å². The minimum Gasteiger partial charge on any atom is -0.444 e. The number of piperidine rings is 1. The van der Waals surface area contributed by atoms with Gasteiger partial charge in [-0.3, -0.25) is 0 Å². The number of hydrogen-bond acceptors (Lipinski definition) is 2. The van der Waals surface area contributed by atoms with Crippen LogP contribution in [0.5, 0.6) is 0 Å². The van der Waals surface area contributed by atoms with Crippen LogP contribution in [0.2, 0.25) is 0 Å². The maximum Gasteiger partial charge on any atom is 0.416 e. The Bertz CT molecular complexity index is 607. The Kier molecular flexibility index (Phi) is 5.80. The highest BCUT2D eigenvalue weighted by Crippen LogP contribution is 2.29. The first-order valence-electron chi connectivity index (χ1n) is 8.38. The van der Waals surface area contributed by atoms with Crippen molar-refractivity contribution in [3.05, 3.63) is 41.5 Å². The van der Waals surface area contributed by atoms with E-state index < -0.39 is 17.3 Å². The van der Waals surface area contributed by atoms with Crippen LogP contribution in [0.15, 0.2) is 30.3 Å². The molecule has 1 aliphatic heterocycles. The van der Waals surface area contributed by atoms with E-state index in [0.29, 0.717) is 19.0 Å². The number of hydrogen-bond donors (Lipinski definition) is 0. The van der Waals surface area contributed by atoms with E-state index in [2.05, 4.69) is 0 Å². The largest absolute Gasteiger partial charge is 0.444 e. The van der Waals surface area contributed by atoms with E-state index in [9.17, 15) is 18.0 Å². The lowest BCUT2D eigenvalue weighted by Crippen LogP contribution is -2.41. The third-order valence-corrected chi connectivity index (χ3v) is 3.99. The van der Waals surface area contributed by atoms with Crippen LogP contribution in [0.25, 0.3) is 6.08 Å². The van der Waals surface area contributed by atoms with Gasteiger partial charge in [0.1, 0.15) is 5.60 Å². The van der Waals surface area contributed by atoms with E-state index in [1.165, 1.54) is 12.1 Å². The van der Waals surface area contributed by atoms with Gasteiger partial charge in [0.2, 0.25) is 0 Å². The van der Waals surface area contributed by atoms with Gasteiger partial charge in [-0.1, -0.05) is 24.3 Å². The molecule has 0 N–H and O–H groups in total. The second-order valence-corrected chi connectivity index (χ2v) is 7.28. The number of carbonyl (C=O) groups is 1. The third-order valence-electron chi connectivity index (χ3n) is 3.99. The lowest BCUT2D eigenvalue weighted by atomic mass is 9.96. The van der Waals surface area contributed by atoms with Crippen LogP contribution in [-0.2, 0) is 10.9 Å². The smallest absolute Gasteiger partial charge is 0.416 e. The zero-order chi connectivity index (χ0) is 18.7. The minimum atomic E-state index is -4.31. The van der Waals surface area contributed by atoms with Gasteiger partial charge in [-0.15, -0.1) is 0 Å². The molecule has 6 heteroatoms. The van der Waals surface area contributed by atoms with E-state index in [0.717, 1.165) is 30.5 Å². The zero-order valence-electron chi connectivity index (χ0n) is 14.8. The van der Waals surface area contributed by atoms with Gasteiger partial charge in [0, 0.05) is 13.1 Å². The van der Waals surface area contributed by atoms with E-state index in [1.54, 1.807) is 4.90 Å². The Morgan fingerprint density at radius 2 is 1.68 bits per heavy atom. The summed E-state index contributed by atoms with van der Waals surface area (Å²) in [5.74, 6) is 0.306. The summed E-state index contributed by atoms with van der Waals surface area (Å²) in [6, 6.07) is 5.11. The molecule has 1 aromatic carbocycles. The molecular formula is C19H24F3NO2. The molecule has 0 atom stereocenters. The Morgan fingerprint density at radius 3 is 2.16 bits per heavy atom. The molecule has 1 fully saturated rings. The van der Waals surface area contributed by atoms with Crippen molar-refractivity contribution < 1.29 is 22.7 Å². The molecule has 0 spiro atoms. The number of nitrogens with zero attached hydrogens (tertiary/aromatic N) is 1. The van der Waals surface area contributed by atoms with Gasteiger partial charge in [0.25, 0.3) is 0 Å². The third kappa shape index (κ3) is 6.11. The van der Waals surface area contributed by atoms with E-state index in [4.69, 9.17) is 4.74 Å². The van der Waals surface area contributed by atoms with Crippen LogP contribution < -0.4 is 0 Å². The number of likely N-dealkylation sites (tertiary alicyclic amines) is 1. The number of amides is 1. The Hall–Kier alpha value is -1.98. The summed E-state index contributed by atoms with van der Waals surface area (Å²) in [6.07, 6.45) is 0.879. The molecule has 0 radical (unpaired) electrons. The molecule has 1 amide bonds. The average molecular weight is 355 g/mol. The highest BCUT2D eigenvalue weighted by atomic mass is 19.4. The molecule has 1 aromatic rings. The molecule has 3 nitrogen and oxygen atoms in total. The lowest BCUT2D eigenvalue weighted by Gasteiger charge is -2.32. The SMILES string of the molecule is CC(C)(C)OC(=O)N1CCC(C=Cc2ccc(C(F)(F)F)cc2)CC1. The lowest BCUT2D eigenvalue weighted by molar-refractivity contribution is -0.137. The maximum absolute atomic E-state index is 12.5. The first-order chi connectivity index (χ1) is 11.5. The molecule has 1 aliphatic rings. The van der Waals surface area contributed by atoms with E-state index >= 15 is 0 Å². The second kappa shape index (κ2) is 7.50. The standard InChI is InChI=1S/C19H24F3NO2/c1-18(2,3)25-17(24)23-12-10-15(11-13-23)5-4-14-6-8-16(9-7-14)19(20,21)22/h4-9,15H,10-13H2,1-3H3. The van der Waals surface area contributed by atoms with Gasteiger partial charge < -0.3 is 9.64 Å². The zero-order valence-corrected chi connectivity index (χ0v) is 14.8. The number of rotatable bonds is 2. The molecule has 0 saturated carbocycles. The predicted molar refractivity (Wildman–Crippen MR) is 91.0 cm³/mol. The average Bonchev–Trinajstić information content (AvgIpc) is 2.51. The first kappa shape index (κ1) is 19.3. The van der Waals surface area contributed by atoms with Crippen molar-refractivity contribution in [2.24, 2.45) is 5.92 Å². The molecular weight excluding hydrogens is 331 g/mol. The summed E-state index contributed by atoms with van der Waals surface area (Å²) in [5, 5.41) is 0. The Labute approximate surface area is 146 Å². The summed E-state index contributed by atoms with van der Waals surface area (Å²) in [5.41, 5.74) is -0.408. The quantitative estimate of drug-likeness (QED) is 0.714. The second-order valence-electron chi connectivity index (χ2n) is 7.28. The van der Waals surface area contributed by atoms with Crippen LogP contribution in [0.4, 0.5) is 18.0 Å². The first-order valence-corrected chi connectivity index (χ1v) is 8.38. The topological polar surface area (TPSA) is 29.5 Å². The van der Waals surface area contributed by atoms with Gasteiger partial charge >= 0.3 is 12.3 Å². The molecule has 1 heterocycles. The van der Waals surface area contributed by atoms with E-state index in [-0.39, 0.29) is 6.09 Å². The number of benzene rings is 1.